The van der Waals surface area contributed by atoms with Crippen molar-refractivity contribution in [3.8, 4) is 11.5 Å². The Hall–Kier alpha value is -2.53. The van der Waals surface area contributed by atoms with E-state index < -0.39 is 11.9 Å². The number of fused-ring (bicyclic) bond motifs is 1. The molecule has 0 fully saturated rings. The van der Waals surface area contributed by atoms with E-state index in [1.165, 1.54) is 0 Å². The quantitative estimate of drug-likeness (QED) is 0.844. The van der Waals surface area contributed by atoms with Crippen molar-refractivity contribution in [2.75, 3.05) is 19.8 Å². The molecule has 0 radical (unpaired) electrons. The second-order valence-electron chi connectivity index (χ2n) is 6.12. The SMILES string of the molecule is O=C(O)C(CNCc1ccc2c(c1)OCCCCO2)c1ccccc1. The highest BCUT2D eigenvalue weighted by atomic mass is 16.5. The molecule has 0 aromatic heterocycles. The molecule has 132 valence electrons. The van der Waals surface area contributed by atoms with E-state index in [1.54, 1.807) is 0 Å². The molecule has 1 aliphatic rings. The largest absolute Gasteiger partial charge is 0.490 e. The van der Waals surface area contributed by atoms with Crippen molar-refractivity contribution >= 4 is 5.97 Å². The van der Waals surface area contributed by atoms with Gasteiger partial charge in [-0.2, -0.15) is 0 Å². The van der Waals surface area contributed by atoms with Gasteiger partial charge in [0.15, 0.2) is 11.5 Å². The van der Waals surface area contributed by atoms with Gasteiger partial charge in [-0.15, -0.1) is 0 Å². The van der Waals surface area contributed by atoms with Crippen LogP contribution in [0, 0.1) is 0 Å². The molecular formula is C20H23NO4. The van der Waals surface area contributed by atoms with Gasteiger partial charge in [0.25, 0.3) is 0 Å². The summed E-state index contributed by atoms with van der Waals surface area (Å²) in [5.41, 5.74) is 1.84. The standard InChI is InChI=1S/C20H23NO4/c22-20(23)17(16-6-2-1-3-7-16)14-21-13-15-8-9-18-19(12-15)25-11-5-4-10-24-18/h1-3,6-9,12,17,21H,4-5,10-11,13-14H2,(H,22,23). The molecule has 0 saturated carbocycles. The summed E-state index contributed by atoms with van der Waals surface area (Å²) in [5, 5.41) is 12.7. The summed E-state index contributed by atoms with van der Waals surface area (Å²) < 4.78 is 11.4. The molecule has 1 aliphatic heterocycles. The predicted molar refractivity (Wildman–Crippen MR) is 95.2 cm³/mol. The molecule has 0 aliphatic carbocycles. The van der Waals surface area contributed by atoms with Crippen LogP contribution in [0.15, 0.2) is 48.5 Å². The second-order valence-corrected chi connectivity index (χ2v) is 6.12. The highest BCUT2D eigenvalue weighted by Gasteiger charge is 2.19. The minimum atomic E-state index is -0.825. The molecule has 2 N–H and O–H groups in total. The lowest BCUT2D eigenvalue weighted by Gasteiger charge is -2.18. The Morgan fingerprint density at radius 1 is 1.04 bits per heavy atom. The third-order valence-corrected chi connectivity index (χ3v) is 4.24. The number of benzene rings is 2. The van der Waals surface area contributed by atoms with Crippen LogP contribution in [-0.2, 0) is 11.3 Å². The molecule has 2 aromatic rings. The van der Waals surface area contributed by atoms with Gasteiger partial charge < -0.3 is 19.9 Å². The molecule has 2 aromatic carbocycles. The van der Waals surface area contributed by atoms with E-state index >= 15 is 0 Å². The number of nitrogens with one attached hydrogen (secondary N) is 1. The van der Waals surface area contributed by atoms with E-state index in [9.17, 15) is 9.90 Å². The van der Waals surface area contributed by atoms with Crippen LogP contribution < -0.4 is 14.8 Å². The Balaban J connectivity index is 1.61. The molecule has 1 heterocycles. The van der Waals surface area contributed by atoms with E-state index in [0.717, 1.165) is 35.5 Å². The number of aliphatic carboxylic acids is 1. The van der Waals surface area contributed by atoms with Crippen molar-refractivity contribution in [1.82, 2.24) is 5.32 Å². The lowest BCUT2D eigenvalue weighted by atomic mass is 9.99. The van der Waals surface area contributed by atoms with Gasteiger partial charge in [0.2, 0.25) is 0 Å². The van der Waals surface area contributed by atoms with Gasteiger partial charge in [-0.1, -0.05) is 36.4 Å². The number of carbonyl (C=O) groups is 1. The van der Waals surface area contributed by atoms with E-state index in [1.807, 2.05) is 48.5 Å². The second kappa shape index (κ2) is 8.53. The predicted octanol–water partition coefficient (Wildman–Crippen LogP) is 3.20. The topological polar surface area (TPSA) is 67.8 Å². The summed E-state index contributed by atoms with van der Waals surface area (Å²) in [6, 6.07) is 15.2. The minimum Gasteiger partial charge on any atom is -0.490 e. The van der Waals surface area contributed by atoms with E-state index in [4.69, 9.17) is 9.47 Å². The summed E-state index contributed by atoms with van der Waals surface area (Å²) in [5.74, 6) is 0.145. The average Bonchev–Trinajstić information content (AvgIpc) is 2.60. The lowest BCUT2D eigenvalue weighted by Crippen LogP contribution is -2.26. The molecule has 1 unspecified atom stereocenters. The monoisotopic (exact) mass is 341 g/mol. The summed E-state index contributed by atoms with van der Waals surface area (Å²) >= 11 is 0. The maximum absolute atomic E-state index is 11.5. The van der Waals surface area contributed by atoms with Crippen LogP contribution in [0.4, 0.5) is 0 Å². The van der Waals surface area contributed by atoms with E-state index in [2.05, 4.69) is 5.32 Å². The Morgan fingerprint density at radius 3 is 2.48 bits per heavy atom. The van der Waals surface area contributed by atoms with E-state index in [0.29, 0.717) is 26.3 Å². The fraction of sp³-hybridized carbons (Fsp3) is 0.350. The summed E-state index contributed by atoms with van der Waals surface area (Å²) in [4.78, 5) is 11.5. The molecular weight excluding hydrogens is 318 g/mol. The third-order valence-electron chi connectivity index (χ3n) is 4.24. The molecule has 5 heteroatoms. The Bertz CT molecular complexity index is 702. The molecule has 0 spiro atoms. The normalized spacial score (nSPS) is 15.0. The first kappa shape index (κ1) is 17.3. The number of carboxylic acids is 1. The van der Waals surface area contributed by atoms with Gasteiger partial charge in [-0.3, -0.25) is 4.79 Å². The van der Waals surface area contributed by atoms with Crippen molar-refractivity contribution in [2.24, 2.45) is 0 Å². The van der Waals surface area contributed by atoms with Gasteiger partial charge >= 0.3 is 5.97 Å². The number of ether oxygens (including phenoxy) is 2. The van der Waals surface area contributed by atoms with Crippen LogP contribution in [0.3, 0.4) is 0 Å². The Labute approximate surface area is 147 Å². The van der Waals surface area contributed by atoms with Crippen molar-refractivity contribution < 1.29 is 19.4 Å². The fourth-order valence-electron chi connectivity index (χ4n) is 2.86. The molecule has 1 atom stereocenters. The molecule has 0 amide bonds. The zero-order valence-corrected chi connectivity index (χ0v) is 14.1. The number of rotatable bonds is 6. The maximum atomic E-state index is 11.5. The van der Waals surface area contributed by atoms with Crippen LogP contribution in [-0.4, -0.2) is 30.8 Å². The summed E-state index contributed by atoms with van der Waals surface area (Å²) in [7, 11) is 0. The first-order chi connectivity index (χ1) is 12.2. The average molecular weight is 341 g/mol. The highest BCUT2D eigenvalue weighted by molar-refractivity contribution is 5.76. The summed E-state index contributed by atoms with van der Waals surface area (Å²) in [6.07, 6.45) is 1.98. The van der Waals surface area contributed by atoms with Gasteiger partial charge in [-0.25, -0.2) is 0 Å². The Morgan fingerprint density at radius 2 is 1.76 bits per heavy atom. The van der Waals surface area contributed by atoms with Gasteiger partial charge in [-0.05, 0) is 36.1 Å². The molecule has 25 heavy (non-hydrogen) atoms. The Kier molecular flexibility index (Phi) is 5.90. The first-order valence-electron chi connectivity index (χ1n) is 8.61. The maximum Gasteiger partial charge on any atom is 0.312 e. The highest BCUT2D eigenvalue weighted by Crippen LogP contribution is 2.30. The van der Waals surface area contributed by atoms with Crippen LogP contribution in [0.1, 0.15) is 29.9 Å². The minimum absolute atomic E-state index is 0.369. The zero-order valence-electron chi connectivity index (χ0n) is 14.1. The third kappa shape index (κ3) is 4.73. The number of hydrogen-bond acceptors (Lipinski definition) is 4. The summed E-state index contributed by atoms with van der Waals surface area (Å²) in [6.45, 7) is 2.36. The number of hydrogen-bond donors (Lipinski definition) is 2. The zero-order chi connectivity index (χ0) is 17.5. The van der Waals surface area contributed by atoms with Gasteiger partial charge in [0.1, 0.15) is 0 Å². The molecule has 3 rings (SSSR count). The fourth-order valence-corrected chi connectivity index (χ4v) is 2.86. The van der Waals surface area contributed by atoms with Crippen LogP contribution in [0.2, 0.25) is 0 Å². The first-order valence-corrected chi connectivity index (χ1v) is 8.61. The van der Waals surface area contributed by atoms with Crippen molar-refractivity contribution in [3.63, 3.8) is 0 Å². The van der Waals surface area contributed by atoms with Crippen LogP contribution >= 0.6 is 0 Å². The van der Waals surface area contributed by atoms with Crippen LogP contribution in [0.25, 0.3) is 0 Å². The molecule has 5 nitrogen and oxygen atoms in total. The van der Waals surface area contributed by atoms with Gasteiger partial charge in [0.05, 0.1) is 19.1 Å². The van der Waals surface area contributed by atoms with Gasteiger partial charge in [0, 0.05) is 13.1 Å². The number of carboxylic acid groups (broad SMARTS) is 1. The smallest absolute Gasteiger partial charge is 0.312 e. The van der Waals surface area contributed by atoms with Crippen LogP contribution in [0.5, 0.6) is 11.5 Å². The van der Waals surface area contributed by atoms with E-state index in [-0.39, 0.29) is 0 Å². The lowest BCUT2D eigenvalue weighted by molar-refractivity contribution is -0.138. The molecule has 0 bridgehead atoms. The van der Waals surface area contributed by atoms with Crippen molar-refractivity contribution in [3.05, 3.63) is 59.7 Å². The molecule has 0 saturated heterocycles. The van der Waals surface area contributed by atoms with Crippen molar-refractivity contribution in [1.29, 1.82) is 0 Å². The van der Waals surface area contributed by atoms with Crippen molar-refractivity contribution in [2.45, 2.75) is 25.3 Å².